The minimum Gasteiger partial charge on any atom is -0.481 e. The molecule has 0 spiro atoms. The standard InChI is InChI=1S/C12H15FN2O2/c13-9-1-3-10(4-2-9)15-6-5-14-8-11(15)7-12(16)17/h1-4,11,14H,5-8H2,(H,16,17). The van der Waals surface area contributed by atoms with E-state index in [1.54, 1.807) is 12.1 Å². The van der Waals surface area contributed by atoms with Crippen LogP contribution in [-0.4, -0.2) is 36.8 Å². The van der Waals surface area contributed by atoms with Gasteiger partial charge in [-0.15, -0.1) is 0 Å². The van der Waals surface area contributed by atoms with Crippen LogP contribution in [0, 0.1) is 5.82 Å². The van der Waals surface area contributed by atoms with Crippen LogP contribution >= 0.6 is 0 Å². The highest BCUT2D eigenvalue weighted by atomic mass is 19.1. The predicted molar refractivity (Wildman–Crippen MR) is 62.7 cm³/mol. The van der Waals surface area contributed by atoms with E-state index in [2.05, 4.69) is 5.32 Å². The number of benzene rings is 1. The minimum absolute atomic E-state index is 0.0771. The fraction of sp³-hybridized carbons (Fsp3) is 0.417. The Balaban J connectivity index is 2.15. The summed E-state index contributed by atoms with van der Waals surface area (Å²) in [6, 6.07) is 6.10. The normalized spacial score (nSPS) is 20.3. The summed E-state index contributed by atoms with van der Waals surface area (Å²) in [4.78, 5) is 12.8. The Bertz CT molecular complexity index is 394. The maximum absolute atomic E-state index is 12.8. The average molecular weight is 238 g/mol. The van der Waals surface area contributed by atoms with Gasteiger partial charge in [-0.05, 0) is 24.3 Å². The second kappa shape index (κ2) is 5.14. The fourth-order valence-electron chi connectivity index (χ4n) is 2.12. The van der Waals surface area contributed by atoms with E-state index in [0.29, 0.717) is 6.54 Å². The second-order valence-corrected chi connectivity index (χ2v) is 4.13. The molecule has 0 bridgehead atoms. The van der Waals surface area contributed by atoms with E-state index in [-0.39, 0.29) is 18.3 Å². The smallest absolute Gasteiger partial charge is 0.305 e. The lowest BCUT2D eigenvalue weighted by molar-refractivity contribution is -0.137. The van der Waals surface area contributed by atoms with Gasteiger partial charge in [-0.2, -0.15) is 0 Å². The SMILES string of the molecule is O=C(O)CC1CNCCN1c1ccc(F)cc1. The zero-order valence-electron chi connectivity index (χ0n) is 9.40. The third-order valence-electron chi connectivity index (χ3n) is 2.92. The quantitative estimate of drug-likeness (QED) is 0.827. The number of hydrogen-bond donors (Lipinski definition) is 2. The van der Waals surface area contributed by atoms with Crippen molar-refractivity contribution in [2.45, 2.75) is 12.5 Å². The second-order valence-electron chi connectivity index (χ2n) is 4.13. The fourth-order valence-corrected chi connectivity index (χ4v) is 2.12. The van der Waals surface area contributed by atoms with Crippen molar-refractivity contribution in [1.29, 1.82) is 0 Å². The van der Waals surface area contributed by atoms with Gasteiger partial charge in [-0.1, -0.05) is 0 Å². The molecule has 0 aromatic heterocycles. The molecule has 1 aromatic carbocycles. The van der Waals surface area contributed by atoms with Gasteiger partial charge in [-0.25, -0.2) is 4.39 Å². The van der Waals surface area contributed by atoms with E-state index in [0.717, 1.165) is 18.8 Å². The molecule has 17 heavy (non-hydrogen) atoms. The molecule has 1 atom stereocenters. The van der Waals surface area contributed by atoms with Crippen molar-refractivity contribution in [3.8, 4) is 0 Å². The van der Waals surface area contributed by atoms with Crippen LogP contribution in [0.25, 0.3) is 0 Å². The predicted octanol–water partition coefficient (Wildman–Crippen LogP) is 1.08. The van der Waals surface area contributed by atoms with E-state index in [9.17, 15) is 9.18 Å². The van der Waals surface area contributed by atoms with Gasteiger partial charge in [-0.3, -0.25) is 4.79 Å². The first-order valence-electron chi connectivity index (χ1n) is 5.61. The monoisotopic (exact) mass is 238 g/mol. The number of carboxylic acids is 1. The molecule has 0 saturated carbocycles. The number of rotatable bonds is 3. The topological polar surface area (TPSA) is 52.6 Å². The maximum Gasteiger partial charge on any atom is 0.305 e. The van der Waals surface area contributed by atoms with Crippen LogP contribution in [0.15, 0.2) is 24.3 Å². The van der Waals surface area contributed by atoms with Crippen LogP contribution in [0.5, 0.6) is 0 Å². The van der Waals surface area contributed by atoms with Gasteiger partial charge in [0, 0.05) is 25.3 Å². The Kier molecular flexibility index (Phi) is 3.58. The molecule has 2 rings (SSSR count). The van der Waals surface area contributed by atoms with Crippen molar-refractivity contribution in [2.75, 3.05) is 24.5 Å². The molecular formula is C12H15FN2O2. The molecule has 2 N–H and O–H groups in total. The molecule has 1 aromatic rings. The van der Waals surface area contributed by atoms with Crippen LogP contribution in [0.3, 0.4) is 0 Å². The van der Waals surface area contributed by atoms with Gasteiger partial charge in [0.2, 0.25) is 0 Å². The van der Waals surface area contributed by atoms with Gasteiger partial charge in [0.05, 0.1) is 12.5 Å². The summed E-state index contributed by atoms with van der Waals surface area (Å²) in [5.41, 5.74) is 0.874. The molecule has 92 valence electrons. The van der Waals surface area contributed by atoms with Gasteiger partial charge in [0.15, 0.2) is 0 Å². The number of hydrogen-bond acceptors (Lipinski definition) is 3. The number of anilines is 1. The van der Waals surface area contributed by atoms with Crippen molar-refractivity contribution in [1.82, 2.24) is 5.32 Å². The molecule has 0 aliphatic carbocycles. The van der Waals surface area contributed by atoms with Gasteiger partial charge >= 0.3 is 5.97 Å². The highest BCUT2D eigenvalue weighted by Gasteiger charge is 2.24. The van der Waals surface area contributed by atoms with Crippen molar-refractivity contribution in [3.63, 3.8) is 0 Å². The highest BCUT2D eigenvalue weighted by Crippen LogP contribution is 2.20. The number of piperazine rings is 1. The van der Waals surface area contributed by atoms with Gasteiger partial charge in [0.1, 0.15) is 5.82 Å². The Labute approximate surface area is 99.0 Å². The van der Waals surface area contributed by atoms with E-state index in [4.69, 9.17) is 5.11 Å². The summed E-state index contributed by atoms with van der Waals surface area (Å²) in [7, 11) is 0. The zero-order valence-corrected chi connectivity index (χ0v) is 9.40. The summed E-state index contributed by atoms with van der Waals surface area (Å²) in [6.45, 7) is 2.20. The summed E-state index contributed by atoms with van der Waals surface area (Å²) in [6.07, 6.45) is 0.0877. The minimum atomic E-state index is -0.814. The number of nitrogens with zero attached hydrogens (tertiary/aromatic N) is 1. The number of halogens is 1. The first-order valence-corrected chi connectivity index (χ1v) is 5.61. The largest absolute Gasteiger partial charge is 0.481 e. The Hall–Kier alpha value is -1.62. The van der Waals surface area contributed by atoms with E-state index >= 15 is 0 Å². The summed E-state index contributed by atoms with van der Waals surface area (Å²) >= 11 is 0. The molecule has 0 radical (unpaired) electrons. The molecule has 1 unspecified atom stereocenters. The third-order valence-corrected chi connectivity index (χ3v) is 2.92. The maximum atomic E-state index is 12.8. The summed E-state index contributed by atoms with van der Waals surface area (Å²) in [5.74, 6) is -1.09. The molecule has 0 amide bonds. The first-order chi connectivity index (χ1) is 8.16. The summed E-state index contributed by atoms with van der Waals surface area (Å²) in [5, 5.41) is 12.0. The van der Waals surface area contributed by atoms with Crippen molar-refractivity contribution in [3.05, 3.63) is 30.1 Å². The highest BCUT2D eigenvalue weighted by molar-refractivity contribution is 5.68. The lowest BCUT2D eigenvalue weighted by Gasteiger charge is -2.37. The van der Waals surface area contributed by atoms with Crippen molar-refractivity contribution < 1.29 is 14.3 Å². The first kappa shape index (κ1) is 11.9. The molecular weight excluding hydrogens is 223 g/mol. The van der Waals surface area contributed by atoms with Gasteiger partial charge in [0.25, 0.3) is 0 Å². The third kappa shape index (κ3) is 2.94. The average Bonchev–Trinajstić information content (AvgIpc) is 2.30. The molecule has 4 nitrogen and oxygen atoms in total. The van der Waals surface area contributed by atoms with E-state index in [1.807, 2.05) is 4.90 Å². The Morgan fingerprint density at radius 3 is 2.82 bits per heavy atom. The molecule has 1 saturated heterocycles. The molecule has 5 heteroatoms. The zero-order chi connectivity index (χ0) is 12.3. The number of nitrogens with one attached hydrogen (secondary N) is 1. The Morgan fingerprint density at radius 2 is 2.18 bits per heavy atom. The molecule has 1 fully saturated rings. The lowest BCUT2D eigenvalue weighted by Crippen LogP contribution is -2.52. The Morgan fingerprint density at radius 1 is 1.47 bits per heavy atom. The molecule has 1 aliphatic heterocycles. The van der Waals surface area contributed by atoms with Crippen LogP contribution in [-0.2, 0) is 4.79 Å². The van der Waals surface area contributed by atoms with Crippen LogP contribution in [0.2, 0.25) is 0 Å². The summed E-state index contributed by atoms with van der Waals surface area (Å²) < 4.78 is 12.8. The number of aliphatic carboxylic acids is 1. The van der Waals surface area contributed by atoms with Gasteiger partial charge < -0.3 is 15.3 Å². The van der Waals surface area contributed by atoms with Crippen LogP contribution in [0.4, 0.5) is 10.1 Å². The molecule has 1 aliphatic rings. The van der Waals surface area contributed by atoms with Crippen LogP contribution < -0.4 is 10.2 Å². The molecule has 1 heterocycles. The number of carbonyl (C=O) groups is 1. The van der Waals surface area contributed by atoms with Crippen molar-refractivity contribution >= 4 is 11.7 Å². The van der Waals surface area contributed by atoms with E-state index in [1.165, 1.54) is 12.1 Å². The number of carboxylic acid groups (broad SMARTS) is 1. The lowest BCUT2D eigenvalue weighted by atomic mass is 10.1. The van der Waals surface area contributed by atoms with E-state index < -0.39 is 5.97 Å². The van der Waals surface area contributed by atoms with Crippen LogP contribution in [0.1, 0.15) is 6.42 Å². The van der Waals surface area contributed by atoms with Crippen molar-refractivity contribution in [2.24, 2.45) is 0 Å².